The monoisotopic (exact) mass is 223 g/mol. The predicted octanol–water partition coefficient (Wildman–Crippen LogP) is 4.39. The summed E-state index contributed by atoms with van der Waals surface area (Å²) in [6.45, 7) is 4.22. The molecule has 2 aromatic carbocycles. The van der Waals surface area contributed by atoms with Gasteiger partial charge in [0.05, 0.1) is 0 Å². The molecule has 0 radical (unpaired) electrons. The van der Waals surface area contributed by atoms with Gasteiger partial charge in [0.25, 0.3) is 0 Å². The molecule has 0 unspecified atom stereocenters. The summed E-state index contributed by atoms with van der Waals surface area (Å²) in [5.74, 6) is 0. The normalized spacial score (nSPS) is 10.7. The molecule has 2 rings (SSSR count). The SMILES string of the molecule is Cc1cc(C)cc(NC=Cc2ccccc2)c1. The lowest BCUT2D eigenvalue weighted by atomic mass is 10.1. The van der Waals surface area contributed by atoms with Crippen molar-refractivity contribution >= 4 is 11.8 Å². The van der Waals surface area contributed by atoms with Crippen LogP contribution in [0.4, 0.5) is 5.69 Å². The Morgan fingerprint density at radius 1 is 0.882 bits per heavy atom. The summed E-state index contributed by atoms with van der Waals surface area (Å²) in [7, 11) is 0. The van der Waals surface area contributed by atoms with Gasteiger partial charge in [-0.05, 0) is 48.7 Å². The molecule has 0 bridgehead atoms. The second kappa shape index (κ2) is 5.35. The Hall–Kier alpha value is -2.02. The molecule has 0 saturated heterocycles. The topological polar surface area (TPSA) is 12.0 Å². The van der Waals surface area contributed by atoms with Crippen LogP contribution >= 0.6 is 0 Å². The quantitative estimate of drug-likeness (QED) is 0.814. The lowest BCUT2D eigenvalue weighted by Gasteiger charge is -2.04. The van der Waals surface area contributed by atoms with Gasteiger partial charge in [-0.2, -0.15) is 0 Å². The minimum absolute atomic E-state index is 1.13. The van der Waals surface area contributed by atoms with Gasteiger partial charge in [0.2, 0.25) is 0 Å². The summed E-state index contributed by atoms with van der Waals surface area (Å²) >= 11 is 0. The fourth-order valence-electron chi connectivity index (χ4n) is 1.86. The highest BCUT2D eigenvalue weighted by atomic mass is 14.8. The minimum Gasteiger partial charge on any atom is -0.362 e. The number of hydrogen-bond acceptors (Lipinski definition) is 1. The van der Waals surface area contributed by atoms with Gasteiger partial charge >= 0.3 is 0 Å². The molecule has 0 aliphatic carbocycles. The Kier molecular flexibility index (Phi) is 3.61. The van der Waals surface area contributed by atoms with Gasteiger partial charge in [-0.25, -0.2) is 0 Å². The number of benzene rings is 2. The second-order valence-electron chi connectivity index (χ2n) is 4.26. The zero-order valence-corrected chi connectivity index (χ0v) is 10.3. The Morgan fingerprint density at radius 3 is 2.18 bits per heavy atom. The molecule has 0 heterocycles. The first-order chi connectivity index (χ1) is 8.24. The largest absolute Gasteiger partial charge is 0.362 e. The first kappa shape index (κ1) is 11.5. The molecule has 0 amide bonds. The molecule has 0 aromatic heterocycles. The van der Waals surface area contributed by atoms with Crippen molar-refractivity contribution in [3.63, 3.8) is 0 Å². The zero-order chi connectivity index (χ0) is 12.1. The number of hydrogen-bond donors (Lipinski definition) is 1. The zero-order valence-electron chi connectivity index (χ0n) is 10.3. The summed E-state index contributed by atoms with van der Waals surface area (Å²) in [5.41, 5.74) is 4.89. The molecule has 2 aromatic rings. The average Bonchev–Trinajstić information content (AvgIpc) is 2.29. The van der Waals surface area contributed by atoms with E-state index in [1.54, 1.807) is 0 Å². The van der Waals surface area contributed by atoms with Crippen LogP contribution < -0.4 is 5.32 Å². The molecule has 1 N–H and O–H groups in total. The van der Waals surface area contributed by atoms with E-state index in [0.717, 1.165) is 5.69 Å². The molecule has 0 atom stereocenters. The number of rotatable bonds is 3. The molecule has 1 heteroatoms. The molecule has 0 aliphatic rings. The molecule has 0 saturated carbocycles. The van der Waals surface area contributed by atoms with Crippen molar-refractivity contribution in [3.8, 4) is 0 Å². The molecule has 86 valence electrons. The first-order valence-electron chi connectivity index (χ1n) is 5.80. The van der Waals surface area contributed by atoms with Crippen LogP contribution in [0.1, 0.15) is 16.7 Å². The fraction of sp³-hybridized carbons (Fsp3) is 0.125. The summed E-state index contributed by atoms with van der Waals surface area (Å²) in [4.78, 5) is 0. The molecule has 0 spiro atoms. The van der Waals surface area contributed by atoms with E-state index in [0.29, 0.717) is 0 Å². The molecule has 1 nitrogen and oxygen atoms in total. The van der Waals surface area contributed by atoms with Crippen LogP contribution in [0.5, 0.6) is 0 Å². The third-order valence-electron chi connectivity index (χ3n) is 2.55. The van der Waals surface area contributed by atoms with Crippen molar-refractivity contribution in [2.45, 2.75) is 13.8 Å². The van der Waals surface area contributed by atoms with Crippen LogP contribution in [0.2, 0.25) is 0 Å². The molecular formula is C16H17N. The van der Waals surface area contributed by atoms with Gasteiger partial charge in [-0.3, -0.25) is 0 Å². The van der Waals surface area contributed by atoms with Gasteiger partial charge in [0, 0.05) is 11.9 Å². The number of aryl methyl sites for hydroxylation is 2. The highest BCUT2D eigenvalue weighted by Crippen LogP contribution is 2.14. The summed E-state index contributed by atoms with van der Waals surface area (Å²) < 4.78 is 0. The number of anilines is 1. The molecule has 0 fully saturated rings. The smallest absolute Gasteiger partial charge is 0.0385 e. The maximum absolute atomic E-state index is 3.29. The lowest BCUT2D eigenvalue weighted by molar-refractivity contribution is 1.38. The van der Waals surface area contributed by atoms with E-state index in [1.807, 2.05) is 24.4 Å². The van der Waals surface area contributed by atoms with Crippen LogP contribution in [-0.2, 0) is 0 Å². The van der Waals surface area contributed by atoms with Crippen molar-refractivity contribution in [2.75, 3.05) is 5.32 Å². The first-order valence-corrected chi connectivity index (χ1v) is 5.80. The Labute approximate surface area is 103 Å². The van der Waals surface area contributed by atoms with E-state index in [1.165, 1.54) is 16.7 Å². The lowest BCUT2D eigenvalue weighted by Crippen LogP contribution is -1.89. The summed E-state index contributed by atoms with van der Waals surface area (Å²) in [6, 6.07) is 16.7. The van der Waals surface area contributed by atoms with Gasteiger partial charge < -0.3 is 5.32 Å². The van der Waals surface area contributed by atoms with Crippen molar-refractivity contribution in [1.82, 2.24) is 0 Å². The Morgan fingerprint density at radius 2 is 1.53 bits per heavy atom. The maximum atomic E-state index is 3.29. The van der Waals surface area contributed by atoms with Crippen molar-refractivity contribution in [1.29, 1.82) is 0 Å². The van der Waals surface area contributed by atoms with Crippen LogP contribution in [0, 0.1) is 13.8 Å². The summed E-state index contributed by atoms with van der Waals surface area (Å²) in [5, 5.41) is 3.29. The van der Waals surface area contributed by atoms with Crippen molar-refractivity contribution in [2.24, 2.45) is 0 Å². The van der Waals surface area contributed by atoms with Crippen molar-refractivity contribution < 1.29 is 0 Å². The van der Waals surface area contributed by atoms with Gasteiger partial charge in [0.1, 0.15) is 0 Å². The van der Waals surface area contributed by atoms with Gasteiger partial charge in [0.15, 0.2) is 0 Å². The Balaban J connectivity index is 2.05. The maximum Gasteiger partial charge on any atom is 0.0385 e. The summed E-state index contributed by atoms with van der Waals surface area (Å²) in [6.07, 6.45) is 4.04. The van der Waals surface area contributed by atoms with Crippen LogP contribution in [0.3, 0.4) is 0 Å². The average molecular weight is 223 g/mol. The minimum atomic E-state index is 1.13. The van der Waals surface area contributed by atoms with Crippen LogP contribution in [-0.4, -0.2) is 0 Å². The third kappa shape index (κ3) is 3.49. The third-order valence-corrected chi connectivity index (χ3v) is 2.55. The Bertz CT molecular complexity index is 492. The number of nitrogens with one attached hydrogen (secondary N) is 1. The van der Waals surface area contributed by atoms with E-state index >= 15 is 0 Å². The van der Waals surface area contributed by atoms with Crippen LogP contribution in [0.15, 0.2) is 54.7 Å². The van der Waals surface area contributed by atoms with E-state index < -0.39 is 0 Å². The highest BCUT2D eigenvalue weighted by molar-refractivity contribution is 5.56. The molecule has 0 aliphatic heterocycles. The van der Waals surface area contributed by atoms with E-state index in [4.69, 9.17) is 0 Å². The predicted molar refractivity (Wildman–Crippen MR) is 75.0 cm³/mol. The van der Waals surface area contributed by atoms with E-state index in [-0.39, 0.29) is 0 Å². The van der Waals surface area contributed by atoms with E-state index in [9.17, 15) is 0 Å². The standard InChI is InChI=1S/C16H17N/c1-13-10-14(2)12-16(11-13)17-9-8-15-6-4-3-5-7-15/h3-12,17H,1-2H3. The van der Waals surface area contributed by atoms with Crippen molar-refractivity contribution in [3.05, 3.63) is 71.4 Å². The van der Waals surface area contributed by atoms with Gasteiger partial charge in [-0.15, -0.1) is 0 Å². The highest BCUT2D eigenvalue weighted by Gasteiger charge is 1.92. The molecular weight excluding hydrogens is 206 g/mol. The fourth-order valence-corrected chi connectivity index (χ4v) is 1.86. The van der Waals surface area contributed by atoms with Gasteiger partial charge in [-0.1, -0.05) is 36.4 Å². The van der Waals surface area contributed by atoms with Crippen LogP contribution in [0.25, 0.3) is 6.08 Å². The second-order valence-corrected chi connectivity index (χ2v) is 4.26. The van der Waals surface area contributed by atoms with E-state index in [2.05, 4.69) is 55.6 Å². The molecule has 17 heavy (non-hydrogen) atoms.